The highest BCUT2D eigenvalue weighted by molar-refractivity contribution is 7.80. The minimum atomic E-state index is -1.10. The first kappa shape index (κ1) is 16.1. The van der Waals surface area contributed by atoms with Crippen LogP contribution in [-0.2, 0) is 0 Å². The van der Waals surface area contributed by atoms with E-state index in [2.05, 4.69) is 22.9 Å². The number of hydrogen-bond acceptors (Lipinski definition) is 4. The van der Waals surface area contributed by atoms with Crippen LogP contribution in [0.2, 0.25) is 0 Å². The van der Waals surface area contributed by atoms with Gasteiger partial charge in [-0.3, -0.25) is 0 Å². The number of rotatable bonds is 4. The van der Waals surface area contributed by atoms with Crippen molar-refractivity contribution in [2.24, 2.45) is 10.2 Å². The van der Waals surface area contributed by atoms with Crippen LogP contribution in [0.25, 0.3) is 0 Å². The number of carbonyl (C=O) groups is 1. The minimum Gasteiger partial charge on any atom is -0.478 e. The molecular weight excluding hydrogens is 310 g/mol. The number of hydrogen-bond donors (Lipinski definition) is 2. The summed E-state index contributed by atoms with van der Waals surface area (Å²) in [5, 5.41) is 16.0. The molecule has 0 aliphatic carbocycles. The quantitative estimate of drug-likeness (QED) is 0.610. The second-order valence-electron chi connectivity index (χ2n) is 4.56. The van der Waals surface area contributed by atoms with Gasteiger partial charge in [-0.25, -0.2) is 13.6 Å². The zero-order valence-corrected chi connectivity index (χ0v) is 12.4. The maximum absolute atomic E-state index is 13.7. The van der Waals surface area contributed by atoms with Gasteiger partial charge in [0.05, 0.1) is 11.3 Å². The average Bonchev–Trinajstić information content (AvgIpc) is 2.46. The van der Waals surface area contributed by atoms with Crippen molar-refractivity contribution in [1.29, 1.82) is 0 Å². The van der Waals surface area contributed by atoms with E-state index < -0.39 is 22.9 Å². The summed E-state index contributed by atoms with van der Waals surface area (Å²) in [4.78, 5) is 10.9. The lowest BCUT2D eigenvalue weighted by Gasteiger charge is -2.07. The number of azo groups is 1. The monoisotopic (exact) mass is 322 g/mol. The van der Waals surface area contributed by atoms with Crippen LogP contribution in [0.4, 0.5) is 20.2 Å². The molecule has 0 fully saturated rings. The summed E-state index contributed by atoms with van der Waals surface area (Å²) in [5.41, 5.74) is 0.362. The number of halogens is 2. The summed E-state index contributed by atoms with van der Waals surface area (Å²) in [6.45, 7) is 1.65. The first-order chi connectivity index (χ1) is 10.4. The Hall–Kier alpha value is -2.28. The molecule has 0 bridgehead atoms. The Morgan fingerprint density at radius 2 is 1.91 bits per heavy atom. The van der Waals surface area contributed by atoms with E-state index in [1.54, 1.807) is 6.92 Å². The molecule has 0 aromatic heterocycles. The highest BCUT2D eigenvalue weighted by atomic mass is 32.1. The number of nitrogens with zero attached hydrogens (tertiary/aromatic N) is 2. The number of carboxylic acid groups (broad SMARTS) is 1. The minimum absolute atomic E-state index is 0.0423. The van der Waals surface area contributed by atoms with Crippen LogP contribution in [0, 0.1) is 11.6 Å². The third kappa shape index (κ3) is 3.67. The number of carboxylic acids is 1. The zero-order chi connectivity index (χ0) is 16.3. The molecule has 0 heterocycles. The molecule has 7 heteroatoms. The SMILES string of the molecule is CC(S)c1cc(N=Nc2cccc(C(=O)O)c2)c(F)cc1F. The average molecular weight is 322 g/mol. The van der Waals surface area contributed by atoms with Gasteiger partial charge in [0.2, 0.25) is 0 Å². The molecule has 0 aliphatic rings. The molecule has 22 heavy (non-hydrogen) atoms. The fourth-order valence-corrected chi connectivity index (χ4v) is 1.96. The Kier molecular flexibility index (Phi) is 4.87. The van der Waals surface area contributed by atoms with E-state index >= 15 is 0 Å². The van der Waals surface area contributed by atoms with Gasteiger partial charge in [-0.2, -0.15) is 17.7 Å². The lowest BCUT2D eigenvalue weighted by molar-refractivity contribution is 0.0697. The third-order valence-electron chi connectivity index (χ3n) is 2.88. The molecule has 0 aliphatic heterocycles. The first-order valence-corrected chi connectivity index (χ1v) is 6.82. The standard InChI is InChI=1S/C15H12F2N2O2S/c1-8(22)11-6-14(13(17)7-12(11)16)19-18-10-4-2-3-9(5-10)15(20)21/h2-8,22H,1H3,(H,20,21). The second kappa shape index (κ2) is 6.65. The van der Waals surface area contributed by atoms with E-state index in [1.165, 1.54) is 30.3 Å². The largest absolute Gasteiger partial charge is 0.478 e. The summed E-state index contributed by atoms with van der Waals surface area (Å²) < 4.78 is 27.3. The van der Waals surface area contributed by atoms with E-state index in [0.717, 1.165) is 6.07 Å². The predicted molar refractivity (Wildman–Crippen MR) is 81.3 cm³/mol. The van der Waals surface area contributed by atoms with Gasteiger partial charge < -0.3 is 5.11 Å². The van der Waals surface area contributed by atoms with Gasteiger partial charge >= 0.3 is 5.97 Å². The maximum atomic E-state index is 13.7. The summed E-state index contributed by atoms with van der Waals surface area (Å²) in [5.74, 6) is -2.66. The van der Waals surface area contributed by atoms with Crippen molar-refractivity contribution in [3.63, 3.8) is 0 Å². The highest BCUT2D eigenvalue weighted by Crippen LogP contribution is 2.30. The van der Waals surface area contributed by atoms with Crippen molar-refractivity contribution in [2.45, 2.75) is 12.2 Å². The molecule has 2 aromatic carbocycles. The molecule has 0 spiro atoms. The number of benzene rings is 2. The summed E-state index contributed by atoms with van der Waals surface area (Å²) >= 11 is 4.11. The molecule has 2 aromatic rings. The zero-order valence-electron chi connectivity index (χ0n) is 11.5. The fraction of sp³-hybridized carbons (Fsp3) is 0.133. The molecule has 1 unspecified atom stereocenters. The Morgan fingerprint density at radius 3 is 2.55 bits per heavy atom. The van der Waals surface area contributed by atoms with Crippen molar-refractivity contribution >= 4 is 30.0 Å². The van der Waals surface area contributed by atoms with Gasteiger partial charge in [-0.15, -0.1) is 5.11 Å². The van der Waals surface area contributed by atoms with Gasteiger partial charge in [0.15, 0.2) is 5.82 Å². The lowest BCUT2D eigenvalue weighted by atomic mass is 10.1. The second-order valence-corrected chi connectivity index (χ2v) is 5.33. The summed E-state index contributed by atoms with van der Waals surface area (Å²) in [6.07, 6.45) is 0. The van der Waals surface area contributed by atoms with Gasteiger partial charge in [0.1, 0.15) is 11.5 Å². The van der Waals surface area contributed by atoms with E-state index in [9.17, 15) is 13.6 Å². The number of aromatic carboxylic acids is 1. The van der Waals surface area contributed by atoms with E-state index in [-0.39, 0.29) is 22.5 Å². The van der Waals surface area contributed by atoms with Crippen LogP contribution in [-0.4, -0.2) is 11.1 Å². The summed E-state index contributed by atoms with van der Waals surface area (Å²) in [6, 6.07) is 7.69. The van der Waals surface area contributed by atoms with E-state index in [1.807, 2.05) is 0 Å². The molecule has 0 saturated heterocycles. The summed E-state index contributed by atoms with van der Waals surface area (Å²) in [7, 11) is 0. The topological polar surface area (TPSA) is 62.0 Å². The fourth-order valence-electron chi connectivity index (χ4n) is 1.76. The molecule has 114 valence electrons. The molecule has 0 radical (unpaired) electrons. The molecule has 0 amide bonds. The van der Waals surface area contributed by atoms with Crippen molar-refractivity contribution < 1.29 is 18.7 Å². The molecule has 1 atom stereocenters. The Labute approximate surface area is 130 Å². The van der Waals surface area contributed by atoms with Crippen LogP contribution in [0.3, 0.4) is 0 Å². The molecule has 0 saturated carbocycles. The van der Waals surface area contributed by atoms with Gasteiger partial charge in [0.25, 0.3) is 0 Å². The molecule has 4 nitrogen and oxygen atoms in total. The van der Waals surface area contributed by atoms with Crippen LogP contribution in [0.5, 0.6) is 0 Å². The lowest BCUT2D eigenvalue weighted by Crippen LogP contribution is -1.94. The van der Waals surface area contributed by atoms with Crippen LogP contribution >= 0.6 is 12.6 Å². The number of thiol groups is 1. The van der Waals surface area contributed by atoms with Crippen molar-refractivity contribution in [3.8, 4) is 0 Å². The maximum Gasteiger partial charge on any atom is 0.335 e. The van der Waals surface area contributed by atoms with Crippen LogP contribution in [0.15, 0.2) is 46.6 Å². The normalized spacial score (nSPS) is 12.5. The van der Waals surface area contributed by atoms with E-state index in [0.29, 0.717) is 0 Å². The smallest absolute Gasteiger partial charge is 0.335 e. The molecule has 1 N–H and O–H groups in total. The Bertz CT molecular complexity index is 748. The van der Waals surface area contributed by atoms with Crippen LogP contribution < -0.4 is 0 Å². The van der Waals surface area contributed by atoms with Crippen molar-refractivity contribution in [3.05, 3.63) is 59.2 Å². The third-order valence-corrected chi connectivity index (χ3v) is 3.16. The van der Waals surface area contributed by atoms with Gasteiger partial charge in [-0.1, -0.05) is 6.07 Å². The van der Waals surface area contributed by atoms with E-state index in [4.69, 9.17) is 5.11 Å². The predicted octanol–water partition coefficient (Wildman–Crippen LogP) is 5.07. The molecular formula is C15H12F2N2O2S. The van der Waals surface area contributed by atoms with Gasteiger partial charge in [-0.05, 0) is 31.2 Å². The first-order valence-electron chi connectivity index (χ1n) is 6.30. The Morgan fingerprint density at radius 1 is 1.18 bits per heavy atom. The van der Waals surface area contributed by atoms with Crippen molar-refractivity contribution in [1.82, 2.24) is 0 Å². The van der Waals surface area contributed by atoms with Crippen LogP contribution in [0.1, 0.15) is 28.1 Å². The Balaban J connectivity index is 2.36. The molecule has 2 rings (SSSR count). The van der Waals surface area contributed by atoms with Gasteiger partial charge in [0, 0.05) is 16.9 Å². The van der Waals surface area contributed by atoms with Crippen molar-refractivity contribution in [2.75, 3.05) is 0 Å². The highest BCUT2D eigenvalue weighted by Gasteiger charge is 2.13.